The van der Waals surface area contributed by atoms with Crippen LogP contribution in [0.2, 0.25) is 0 Å². The molecule has 4 saturated heterocycles. The fourth-order valence-electron chi connectivity index (χ4n) is 16.1. The van der Waals surface area contributed by atoms with Crippen molar-refractivity contribution in [2.45, 2.75) is 398 Å². The lowest BCUT2D eigenvalue weighted by atomic mass is 9.87. The summed E-state index contributed by atoms with van der Waals surface area (Å²) in [4.78, 5) is 13.6. The molecule has 0 N–H and O–H groups in total. The topological polar surface area (TPSA) is 69.2 Å². The van der Waals surface area contributed by atoms with Gasteiger partial charge in [-0.15, -0.1) is 0 Å². The van der Waals surface area contributed by atoms with Gasteiger partial charge >= 0.3 is 0 Å². The van der Waals surface area contributed by atoms with E-state index in [4.69, 9.17) is 18.9 Å². The molecule has 580 valence electrons. The van der Waals surface area contributed by atoms with Crippen molar-refractivity contribution < 1.29 is 18.9 Å². The molecule has 4 fully saturated rings. The number of nitrogens with zero attached hydrogens (tertiary/aromatic N) is 4. The van der Waals surface area contributed by atoms with Crippen LogP contribution in [-0.2, 0) is 31.9 Å². The summed E-state index contributed by atoms with van der Waals surface area (Å²) in [7, 11) is 0. The van der Waals surface area contributed by atoms with E-state index in [2.05, 4.69) is 163 Å². The molecule has 4 aliphatic heterocycles. The number of hydrogen-bond acceptors (Lipinski definition) is 8. The molecule has 0 aromatic carbocycles. The number of rotatable bonds is 66. The van der Waals surface area contributed by atoms with Crippen molar-refractivity contribution in [2.75, 3.05) is 32.7 Å². The third-order valence-corrected chi connectivity index (χ3v) is 22.8. The molecule has 6 rings (SSSR count). The molecular formula is C95H156N4O4. The Morgan fingerprint density at radius 3 is 0.990 bits per heavy atom. The normalized spacial score (nSPS) is 21.8. The van der Waals surface area contributed by atoms with E-state index in [1.54, 1.807) is 0 Å². The van der Waals surface area contributed by atoms with E-state index in [0.717, 1.165) is 109 Å². The predicted molar refractivity (Wildman–Crippen MR) is 442 cm³/mol. The smallest absolute Gasteiger partial charge is 0.169 e. The molecule has 8 nitrogen and oxygen atoms in total. The maximum atomic E-state index is 6.98. The zero-order valence-corrected chi connectivity index (χ0v) is 67.0. The van der Waals surface area contributed by atoms with Gasteiger partial charge in [0, 0.05) is 89.7 Å². The van der Waals surface area contributed by atoms with Gasteiger partial charge in [-0.3, -0.25) is 19.8 Å². The van der Waals surface area contributed by atoms with Crippen molar-refractivity contribution in [3.63, 3.8) is 0 Å². The minimum atomic E-state index is -0.380. The van der Waals surface area contributed by atoms with Gasteiger partial charge in [0.1, 0.15) is 24.4 Å². The van der Waals surface area contributed by atoms with Crippen LogP contribution < -0.4 is 0 Å². The largest absolute Gasteiger partial charge is 0.343 e. The molecule has 2 aromatic rings. The lowest BCUT2D eigenvalue weighted by Crippen LogP contribution is -2.36. The molecule has 0 bridgehead atoms. The predicted octanol–water partition coefficient (Wildman–Crippen LogP) is 27.1. The van der Waals surface area contributed by atoms with Gasteiger partial charge in [0.2, 0.25) is 0 Å². The Morgan fingerprint density at radius 1 is 0.350 bits per heavy atom. The Bertz CT molecular complexity index is 2530. The van der Waals surface area contributed by atoms with E-state index in [-0.39, 0.29) is 36.0 Å². The van der Waals surface area contributed by atoms with Gasteiger partial charge < -0.3 is 18.9 Å². The number of aromatic nitrogens is 2. The summed E-state index contributed by atoms with van der Waals surface area (Å²) < 4.78 is 27.9. The number of fused-ring (bicyclic) bond motifs is 2. The summed E-state index contributed by atoms with van der Waals surface area (Å²) in [5.41, 5.74) is 2.63. The second-order valence-electron chi connectivity index (χ2n) is 32.0. The maximum Gasteiger partial charge on any atom is 0.169 e. The number of likely N-dealkylation sites (tertiary alicyclic amines) is 2. The minimum Gasteiger partial charge on any atom is -0.343 e. The first-order valence-corrected chi connectivity index (χ1v) is 44.0. The third kappa shape index (κ3) is 41.8. The molecule has 103 heavy (non-hydrogen) atoms. The highest BCUT2D eigenvalue weighted by molar-refractivity contribution is 5.11. The number of ether oxygens (including phenoxy) is 4. The minimum absolute atomic E-state index is 0.194. The fraction of sp³-hybridized carbons (Fsp3) is 0.726. The average molecular weight is 1420 g/mol. The van der Waals surface area contributed by atoms with E-state index in [1.807, 2.05) is 30.9 Å². The van der Waals surface area contributed by atoms with E-state index in [0.29, 0.717) is 0 Å². The monoisotopic (exact) mass is 1420 g/mol. The summed E-state index contributed by atoms with van der Waals surface area (Å²) >= 11 is 0. The summed E-state index contributed by atoms with van der Waals surface area (Å²) in [5.74, 6) is 0.848. The molecule has 6 heterocycles. The van der Waals surface area contributed by atoms with Crippen LogP contribution in [-0.4, -0.2) is 88.5 Å². The average Bonchev–Trinajstić information content (AvgIpc) is 1.64. The van der Waals surface area contributed by atoms with Crippen molar-refractivity contribution in [3.05, 3.63) is 157 Å². The van der Waals surface area contributed by atoms with Crippen molar-refractivity contribution in [1.82, 2.24) is 19.8 Å². The molecule has 6 unspecified atom stereocenters. The van der Waals surface area contributed by atoms with Crippen LogP contribution in [0, 0.1) is 11.8 Å². The van der Waals surface area contributed by atoms with Gasteiger partial charge in [-0.1, -0.05) is 272 Å². The summed E-state index contributed by atoms with van der Waals surface area (Å²) in [6, 6.07) is 8.50. The van der Waals surface area contributed by atoms with Crippen LogP contribution in [0.25, 0.3) is 0 Å². The second-order valence-corrected chi connectivity index (χ2v) is 32.0. The molecular weight excluding hydrogens is 1260 g/mol. The van der Waals surface area contributed by atoms with Crippen LogP contribution in [0.1, 0.15) is 360 Å². The number of hydrogen-bond donors (Lipinski definition) is 0. The van der Waals surface area contributed by atoms with E-state index in [9.17, 15) is 0 Å². The van der Waals surface area contributed by atoms with Crippen molar-refractivity contribution in [2.24, 2.45) is 11.8 Å². The van der Waals surface area contributed by atoms with Gasteiger partial charge in [0.15, 0.2) is 11.6 Å². The van der Waals surface area contributed by atoms with Gasteiger partial charge in [0.05, 0.1) is 0 Å². The Hall–Kier alpha value is -4.02. The lowest BCUT2D eigenvalue weighted by molar-refractivity contribution is -0.194. The van der Waals surface area contributed by atoms with Gasteiger partial charge in [-0.05, 0) is 202 Å². The number of unbranched alkanes of at least 4 members (excludes halogenated alkanes) is 32. The van der Waals surface area contributed by atoms with Gasteiger partial charge in [-0.25, -0.2) is 0 Å². The van der Waals surface area contributed by atoms with Crippen LogP contribution in [0.3, 0.4) is 0 Å². The maximum absolute atomic E-state index is 6.98. The zero-order valence-electron chi connectivity index (χ0n) is 67.0. The van der Waals surface area contributed by atoms with E-state index < -0.39 is 0 Å². The number of pyridine rings is 2. The first kappa shape index (κ1) is 87.9. The standard InChI is InChI=1S/C95H156N4O4/c1-5-7-9-11-13-15-17-19-21-25-31-37-43-49-55-61-72-94(100-90-82-98(83-91(90)101-94)79-71-88-68-65-76-97-80-88)73-62-56-50-44-39-33-27-23-29-35-41-47-53-59-66-86(3)87(4)67-60-54-48-42-36-30-24-28-34-40-46-52-58-64-75-95(102-92-84-99(85-93(92)103-95)81-89-69-77-96-78-70-89)74-63-57-51-45-38-32-26-22-20-18-16-14-12-10-8-6-2/h13-16,19-24,29-30,41-42,47-48,65,68-70,76-78,80,86-87,90-93H,5-12,17-18,25-28,31-40,43-46,49-64,66-67,71-75,79,81-85H2,1-4H3. The molecule has 0 saturated carbocycles. The molecule has 8 heteroatoms. The summed E-state index contributed by atoms with van der Waals surface area (Å²) in [6.07, 6.45) is 110. The van der Waals surface area contributed by atoms with Crippen LogP contribution in [0.5, 0.6) is 0 Å². The summed E-state index contributed by atoms with van der Waals surface area (Å²) in [6.45, 7) is 15.4. The summed E-state index contributed by atoms with van der Waals surface area (Å²) in [5, 5.41) is 0. The molecule has 0 amide bonds. The van der Waals surface area contributed by atoms with E-state index >= 15 is 0 Å². The van der Waals surface area contributed by atoms with Crippen LogP contribution in [0.4, 0.5) is 0 Å². The third-order valence-electron chi connectivity index (χ3n) is 22.8. The molecule has 4 aliphatic rings. The zero-order chi connectivity index (χ0) is 72.3. The Balaban J connectivity index is 0.709. The van der Waals surface area contributed by atoms with Gasteiger partial charge in [0.25, 0.3) is 0 Å². The van der Waals surface area contributed by atoms with Gasteiger partial charge in [-0.2, -0.15) is 0 Å². The first-order valence-electron chi connectivity index (χ1n) is 44.0. The highest BCUT2D eigenvalue weighted by atomic mass is 16.8. The molecule has 0 spiro atoms. The lowest BCUT2D eigenvalue weighted by Gasteiger charge is -2.31. The highest BCUT2D eigenvalue weighted by Gasteiger charge is 2.52. The fourth-order valence-corrected chi connectivity index (χ4v) is 16.1. The van der Waals surface area contributed by atoms with Crippen LogP contribution in [0.15, 0.2) is 146 Å². The second kappa shape index (κ2) is 59.0. The Morgan fingerprint density at radius 2 is 0.660 bits per heavy atom. The molecule has 6 atom stereocenters. The van der Waals surface area contributed by atoms with Crippen molar-refractivity contribution in [1.29, 1.82) is 0 Å². The van der Waals surface area contributed by atoms with Crippen molar-refractivity contribution >= 4 is 0 Å². The van der Waals surface area contributed by atoms with Crippen molar-refractivity contribution in [3.8, 4) is 0 Å². The molecule has 0 radical (unpaired) electrons. The van der Waals surface area contributed by atoms with Crippen LogP contribution >= 0.6 is 0 Å². The quantitative estimate of drug-likeness (QED) is 0.0479. The molecule has 0 aliphatic carbocycles. The number of allylic oxidation sites excluding steroid dienone is 16. The van der Waals surface area contributed by atoms with E-state index in [1.165, 1.54) is 281 Å². The SMILES string of the molecule is CCCCCC=CCC=CCCCCCCCCC1(CCCCCCCCC=CCC=CCCCC(C)C(C)CCCC=CCC=CCCCCCCCCC2(CCCCCCCCC=CCC=CCCCCC)OC3CN(Cc4ccncc4)CC3O2)OC2CN(CCc3cccnc3)CC2O1. The Kier molecular flexibility index (Phi) is 50.3. The Labute approximate surface area is 634 Å². The first-order chi connectivity index (χ1) is 50.9. The highest BCUT2D eigenvalue weighted by Crippen LogP contribution is 2.43. The molecule has 2 aromatic heterocycles.